The third-order valence-electron chi connectivity index (χ3n) is 17.0. The van der Waals surface area contributed by atoms with Crippen molar-refractivity contribution >= 4 is 138 Å². The van der Waals surface area contributed by atoms with E-state index in [1.54, 1.807) is 0 Å². The molecule has 0 N–H and O–H groups in total. The van der Waals surface area contributed by atoms with Crippen LogP contribution in [0, 0.1) is 0 Å². The normalized spacial score (nSPS) is 11.9. The van der Waals surface area contributed by atoms with Crippen LogP contribution in [0.4, 0.5) is 0 Å². The Bertz CT molecular complexity index is 5040. The van der Waals surface area contributed by atoms with Gasteiger partial charge in [-0.05, 0) is 208 Å². The topological polar surface area (TPSA) is 9.86 Å². The van der Waals surface area contributed by atoms with E-state index in [-0.39, 0.29) is 0 Å². The number of hydrogen-bond donors (Lipinski definition) is 0. The van der Waals surface area contributed by atoms with Crippen LogP contribution in [0.5, 0.6) is 0 Å². The summed E-state index contributed by atoms with van der Waals surface area (Å²) in [6, 6.07) is 103. The molecule has 0 fully saturated rings. The van der Waals surface area contributed by atoms with Crippen LogP contribution in [0.3, 0.4) is 0 Å². The molecule has 0 unspecified atom stereocenters. The first-order chi connectivity index (χ1) is 41.5. The maximum Gasteiger partial charge on any atom is 0.0617 e. The Morgan fingerprint density at radius 1 is 0.214 bits per heavy atom. The van der Waals surface area contributed by atoms with Crippen molar-refractivity contribution in [2.45, 2.75) is 0 Å². The second kappa shape index (κ2) is 19.8. The number of rotatable bonds is 8. The van der Waals surface area contributed by atoms with Crippen LogP contribution < -0.4 is 0 Å². The monoisotopic (exact) mass is 1230 g/mol. The highest BCUT2D eigenvalue weighted by Gasteiger charge is 2.25. The van der Waals surface area contributed by atoms with Crippen LogP contribution in [-0.2, 0) is 0 Å². The third-order valence-corrected chi connectivity index (χ3v) is 20.5. The minimum atomic E-state index is 0.988. The van der Waals surface area contributed by atoms with Gasteiger partial charge in [0.2, 0.25) is 0 Å². The molecule has 84 heavy (non-hydrogen) atoms. The van der Waals surface area contributed by atoms with Gasteiger partial charge < -0.3 is 9.13 Å². The van der Waals surface area contributed by atoms with E-state index >= 15 is 0 Å². The molecule has 6 heteroatoms. The molecule has 4 aromatic heterocycles. The van der Waals surface area contributed by atoms with Crippen molar-refractivity contribution in [2.75, 3.05) is 0 Å². The van der Waals surface area contributed by atoms with Crippen molar-refractivity contribution in [3.8, 4) is 78.1 Å². The van der Waals surface area contributed by atoms with Crippen molar-refractivity contribution in [3.05, 3.63) is 288 Å². The van der Waals surface area contributed by atoms with E-state index in [4.69, 9.17) is 0 Å². The molecule has 17 aromatic rings. The molecule has 0 spiro atoms. The van der Waals surface area contributed by atoms with E-state index < -0.39 is 0 Å². The highest BCUT2D eigenvalue weighted by molar-refractivity contribution is 9.11. The molecule has 2 nitrogen and oxygen atoms in total. The van der Waals surface area contributed by atoms with Gasteiger partial charge in [-0.15, -0.1) is 22.7 Å². The first-order valence-electron chi connectivity index (χ1n) is 28.2. The molecule has 4 heterocycles. The van der Waals surface area contributed by atoms with Crippen LogP contribution in [0.2, 0.25) is 0 Å². The van der Waals surface area contributed by atoms with Crippen molar-refractivity contribution in [3.63, 3.8) is 0 Å². The molecule has 0 saturated heterocycles. The molecular weight excluding hydrogens is 1190 g/mol. The zero-order chi connectivity index (χ0) is 55.6. The molecule has 0 aliphatic carbocycles. The fourth-order valence-corrected chi connectivity index (χ4v) is 16.4. The van der Waals surface area contributed by atoms with Gasteiger partial charge >= 0.3 is 0 Å². The number of fused-ring (bicyclic) bond motifs is 14. The lowest BCUT2D eigenvalue weighted by Crippen LogP contribution is -2.00. The summed E-state index contributed by atoms with van der Waals surface area (Å²) in [5.41, 5.74) is 21.0. The minimum absolute atomic E-state index is 0.988. The van der Waals surface area contributed by atoms with Crippen molar-refractivity contribution in [1.29, 1.82) is 0 Å². The van der Waals surface area contributed by atoms with Crippen LogP contribution in [0.25, 0.3) is 162 Å². The summed E-state index contributed by atoms with van der Waals surface area (Å²) >= 11 is 12.3. The first-order valence-corrected chi connectivity index (χ1v) is 31.5. The Kier molecular flexibility index (Phi) is 11.6. The third kappa shape index (κ3) is 8.00. The Morgan fingerprint density at radius 2 is 0.524 bits per heavy atom. The lowest BCUT2D eigenvalue weighted by molar-refractivity contribution is 1.12. The summed E-state index contributed by atoms with van der Waals surface area (Å²) in [4.78, 5) is 0. The van der Waals surface area contributed by atoms with Gasteiger partial charge in [-0.1, -0.05) is 170 Å². The van der Waals surface area contributed by atoms with E-state index in [0.717, 1.165) is 42.4 Å². The summed E-state index contributed by atoms with van der Waals surface area (Å²) < 4.78 is 12.1. The zero-order valence-electron chi connectivity index (χ0n) is 45.0. The second-order valence-electron chi connectivity index (χ2n) is 21.8. The SMILES string of the molecule is Brc1cc(-n2c3ccc(-c4cc(-c5ccccc5)cc(-c5ccccc5)c4)cc3c3c4c(ccc32)sc2ccccc24)c(Br)cc1-n1c2ccc(-c3cc(-c4ccccc4)cc(-c4ccccc4)c3)cc2c2c3c(ccc21)sc1ccccc13. The lowest BCUT2D eigenvalue weighted by atomic mass is 9.92. The smallest absolute Gasteiger partial charge is 0.0617 e. The van der Waals surface area contributed by atoms with Crippen LogP contribution in [-0.4, -0.2) is 9.13 Å². The first kappa shape index (κ1) is 49.5. The van der Waals surface area contributed by atoms with Crippen molar-refractivity contribution in [2.24, 2.45) is 0 Å². The molecule has 0 aliphatic heterocycles. The number of benzene rings is 13. The average molecular weight is 1240 g/mol. The standard InChI is InChI=1S/C78H46Br2N2S2/c79-63-46-70(82-66-32-30-52(44-62(66)76-68(82)34-36-74-78(76)60-26-14-16-28-72(60)84-74)58-41-55(49-21-9-3-10-22-49)38-56(42-58)50-23-11-4-12-24-50)64(80)45-69(63)81-65-31-29-51(43-61(65)75-67(81)33-35-73-77(75)59-25-13-15-27-71(59)83-73)57-39-53(47-17-5-1-6-18-47)37-54(40-57)48-19-7-2-8-20-48/h1-46H. The van der Waals surface area contributed by atoms with Gasteiger partial charge in [-0.3, -0.25) is 0 Å². The van der Waals surface area contributed by atoms with Gasteiger partial charge in [0, 0.05) is 70.8 Å². The Labute approximate surface area is 509 Å². The summed E-state index contributed by atoms with van der Waals surface area (Å²) in [7, 11) is 0. The summed E-state index contributed by atoms with van der Waals surface area (Å²) in [6.07, 6.45) is 0. The molecule has 0 atom stereocenters. The van der Waals surface area contributed by atoms with Gasteiger partial charge in [0.15, 0.2) is 0 Å². The second-order valence-corrected chi connectivity index (χ2v) is 25.7. The number of hydrogen-bond acceptors (Lipinski definition) is 2. The predicted octanol–water partition coefficient (Wildman–Crippen LogP) is 24.1. The molecule has 0 bridgehead atoms. The Morgan fingerprint density at radius 3 is 0.881 bits per heavy atom. The van der Waals surface area contributed by atoms with Crippen LogP contribution in [0.1, 0.15) is 0 Å². The molecule has 0 amide bonds. The van der Waals surface area contributed by atoms with Crippen molar-refractivity contribution in [1.82, 2.24) is 9.13 Å². The fraction of sp³-hybridized carbons (Fsp3) is 0. The zero-order valence-corrected chi connectivity index (χ0v) is 49.8. The summed E-state index contributed by atoms with van der Waals surface area (Å²) in [5.74, 6) is 0. The molecule has 394 valence electrons. The maximum absolute atomic E-state index is 4.29. The molecule has 13 aromatic carbocycles. The number of thiophene rings is 2. The van der Waals surface area contributed by atoms with Gasteiger partial charge in [0.05, 0.1) is 33.4 Å². The van der Waals surface area contributed by atoms with E-state index in [9.17, 15) is 0 Å². The van der Waals surface area contributed by atoms with Crippen molar-refractivity contribution < 1.29 is 0 Å². The molecule has 17 rings (SSSR count). The fourth-order valence-electron chi connectivity index (χ4n) is 13.2. The van der Waals surface area contributed by atoms with E-state index in [1.807, 2.05) is 22.7 Å². The largest absolute Gasteiger partial charge is 0.308 e. The predicted molar refractivity (Wildman–Crippen MR) is 369 cm³/mol. The summed E-state index contributed by atoms with van der Waals surface area (Å²) in [5, 5.41) is 10.1. The van der Waals surface area contributed by atoms with E-state index in [2.05, 4.69) is 320 Å². The number of nitrogens with zero attached hydrogens (tertiary/aromatic N) is 2. The molecular formula is C78H46Br2N2S2. The van der Waals surface area contributed by atoms with Gasteiger partial charge in [0.25, 0.3) is 0 Å². The quantitative estimate of drug-likeness (QED) is 0.143. The summed E-state index contributed by atoms with van der Waals surface area (Å²) in [6.45, 7) is 0. The highest BCUT2D eigenvalue weighted by Crippen LogP contribution is 2.49. The van der Waals surface area contributed by atoms with Gasteiger partial charge in [-0.25, -0.2) is 0 Å². The maximum atomic E-state index is 4.29. The Hall–Kier alpha value is -9.14. The van der Waals surface area contributed by atoms with E-state index in [0.29, 0.717) is 0 Å². The minimum Gasteiger partial charge on any atom is -0.308 e. The highest BCUT2D eigenvalue weighted by atomic mass is 79.9. The Balaban J connectivity index is 0.880. The molecule has 0 aliphatic rings. The van der Waals surface area contributed by atoms with E-state index in [1.165, 1.54) is 129 Å². The average Bonchev–Trinajstić information content (AvgIpc) is 1.73. The lowest BCUT2D eigenvalue weighted by Gasteiger charge is -2.16. The number of halogens is 2. The number of aromatic nitrogens is 2. The van der Waals surface area contributed by atoms with Crippen LogP contribution >= 0.6 is 54.5 Å². The van der Waals surface area contributed by atoms with Gasteiger partial charge in [-0.2, -0.15) is 0 Å². The van der Waals surface area contributed by atoms with Crippen LogP contribution in [0.15, 0.2) is 288 Å². The molecule has 0 radical (unpaired) electrons. The molecule has 0 saturated carbocycles. The van der Waals surface area contributed by atoms with Gasteiger partial charge in [0.1, 0.15) is 0 Å².